The lowest BCUT2D eigenvalue weighted by atomic mass is 10.3. The first-order valence-corrected chi connectivity index (χ1v) is 5.72. The van der Waals surface area contributed by atoms with Gasteiger partial charge in [-0.3, -0.25) is 0 Å². The molecule has 0 unspecified atom stereocenters. The molecule has 0 amide bonds. The fourth-order valence-corrected chi connectivity index (χ4v) is 1.75. The zero-order chi connectivity index (χ0) is 12.1. The lowest BCUT2D eigenvalue weighted by Crippen LogP contribution is -2.29. The fraction of sp³-hybridized carbons (Fsp3) is 0.727. The molecule has 1 heterocycles. The van der Waals surface area contributed by atoms with Crippen molar-refractivity contribution in [3.05, 3.63) is 5.69 Å². The molecule has 0 aliphatic heterocycles. The van der Waals surface area contributed by atoms with Gasteiger partial charge in [0.15, 0.2) is 5.82 Å². The van der Waals surface area contributed by atoms with Crippen LogP contribution in [0.1, 0.15) is 19.5 Å². The molecule has 0 radical (unpaired) electrons. The lowest BCUT2D eigenvalue weighted by molar-refractivity contribution is 0.205. The molecule has 92 valence electrons. The number of likely N-dealkylation sites (N-methyl/N-ethyl adjacent to an activating group) is 1. The average molecular weight is 226 g/mol. The van der Waals surface area contributed by atoms with Crippen LogP contribution < -0.4 is 10.6 Å². The van der Waals surface area contributed by atoms with Crippen molar-refractivity contribution >= 4 is 11.5 Å². The van der Waals surface area contributed by atoms with Gasteiger partial charge in [0, 0.05) is 26.7 Å². The molecule has 2 N–H and O–H groups in total. The van der Waals surface area contributed by atoms with Crippen LogP contribution in [0.15, 0.2) is 0 Å². The quantitative estimate of drug-likeness (QED) is 0.793. The molecular formula is C11H22N4O. The van der Waals surface area contributed by atoms with Gasteiger partial charge in [0.25, 0.3) is 0 Å². The zero-order valence-electron chi connectivity index (χ0n) is 10.7. The predicted octanol–water partition coefficient (Wildman–Crippen LogP) is 1.27. The van der Waals surface area contributed by atoms with Crippen molar-refractivity contribution in [2.45, 2.75) is 27.3 Å². The Hall–Kier alpha value is -1.23. The molecular weight excluding hydrogens is 204 g/mol. The highest BCUT2D eigenvalue weighted by atomic mass is 16.5. The number of nitrogens with zero attached hydrogens (tertiary/aromatic N) is 3. The number of anilines is 2. The number of nitrogen functional groups attached to an aromatic ring is 1. The van der Waals surface area contributed by atoms with Gasteiger partial charge < -0.3 is 15.4 Å². The molecule has 5 nitrogen and oxygen atoms in total. The van der Waals surface area contributed by atoms with Crippen molar-refractivity contribution < 1.29 is 4.74 Å². The Morgan fingerprint density at radius 3 is 2.62 bits per heavy atom. The van der Waals surface area contributed by atoms with E-state index in [1.54, 1.807) is 7.11 Å². The molecule has 1 aromatic heterocycles. The number of methoxy groups -OCH3 is 1. The summed E-state index contributed by atoms with van der Waals surface area (Å²) in [6, 6.07) is 0. The van der Waals surface area contributed by atoms with E-state index in [9.17, 15) is 0 Å². The molecule has 0 aliphatic carbocycles. The van der Waals surface area contributed by atoms with Crippen molar-refractivity contribution in [1.82, 2.24) is 9.78 Å². The Bertz CT molecular complexity index is 335. The largest absolute Gasteiger partial charge is 0.394 e. The third-order valence-corrected chi connectivity index (χ3v) is 2.69. The van der Waals surface area contributed by atoms with E-state index in [4.69, 9.17) is 10.5 Å². The molecule has 0 aliphatic rings. The van der Waals surface area contributed by atoms with Gasteiger partial charge >= 0.3 is 0 Å². The summed E-state index contributed by atoms with van der Waals surface area (Å²) in [7, 11) is 1.71. The molecule has 0 aromatic carbocycles. The molecule has 16 heavy (non-hydrogen) atoms. The second-order valence-corrected chi connectivity index (χ2v) is 3.71. The van der Waals surface area contributed by atoms with Gasteiger partial charge in [0.05, 0.1) is 18.0 Å². The minimum atomic E-state index is 0.696. The van der Waals surface area contributed by atoms with Gasteiger partial charge in [-0.1, -0.05) is 0 Å². The van der Waals surface area contributed by atoms with Gasteiger partial charge in [0.1, 0.15) is 0 Å². The van der Waals surface area contributed by atoms with E-state index in [0.717, 1.165) is 36.8 Å². The Kier molecular flexibility index (Phi) is 4.61. The zero-order valence-corrected chi connectivity index (χ0v) is 10.7. The lowest BCUT2D eigenvalue weighted by Gasteiger charge is -2.23. The van der Waals surface area contributed by atoms with Crippen LogP contribution in [0.5, 0.6) is 0 Å². The fourth-order valence-electron chi connectivity index (χ4n) is 1.75. The van der Waals surface area contributed by atoms with Crippen molar-refractivity contribution in [2.75, 3.05) is 37.4 Å². The van der Waals surface area contributed by atoms with Crippen LogP contribution in [0.4, 0.5) is 11.5 Å². The maximum absolute atomic E-state index is 6.06. The summed E-state index contributed by atoms with van der Waals surface area (Å²) in [5, 5.41) is 4.41. The second kappa shape index (κ2) is 5.75. The summed E-state index contributed by atoms with van der Waals surface area (Å²) in [5.74, 6) is 1.01. The number of aromatic nitrogens is 2. The van der Waals surface area contributed by atoms with Crippen LogP contribution in [0.25, 0.3) is 0 Å². The molecule has 0 bridgehead atoms. The normalized spacial score (nSPS) is 10.8. The molecule has 0 atom stereocenters. The first-order valence-electron chi connectivity index (χ1n) is 5.72. The Labute approximate surface area is 97.2 Å². The topological polar surface area (TPSA) is 56.3 Å². The van der Waals surface area contributed by atoms with Gasteiger partial charge in [-0.25, -0.2) is 4.68 Å². The van der Waals surface area contributed by atoms with E-state index in [-0.39, 0.29) is 0 Å². The maximum atomic E-state index is 6.06. The van der Waals surface area contributed by atoms with Gasteiger partial charge in [-0.05, 0) is 20.8 Å². The summed E-state index contributed by atoms with van der Waals surface area (Å²) in [5.41, 5.74) is 7.73. The molecule has 1 aromatic rings. The molecule has 0 fully saturated rings. The summed E-state index contributed by atoms with van der Waals surface area (Å²) in [4.78, 5) is 2.20. The van der Waals surface area contributed by atoms with Crippen LogP contribution in [0.2, 0.25) is 0 Å². The Morgan fingerprint density at radius 1 is 1.44 bits per heavy atom. The smallest absolute Gasteiger partial charge is 0.150 e. The third-order valence-electron chi connectivity index (χ3n) is 2.69. The monoisotopic (exact) mass is 226 g/mol. The Morgan fingerprint density at radius 2 is 2.12 bits per heavy atom. The Balaban J connectivity index is 2.98. The number of aryl methyl sites for hydroxylation is 2. The van der Waals surface area contributed by atoms with Crippen molar-refractivity contribution in [3.63, 3.8) is 0 Å². The highest BCUT2D eigenvalue weighted by Crippen LogP contribution is 2.26. The van der Waals surface area contributed by atoms with Crippen LogP contribution in [0.3, 0.4) is 0 Å². The van der Waals surface area contributed by atoms with Crippen LogP contribution in [-0.2, 0) is 11.3 Å². The van der Waals surface area contributed by atoms with Crippen molar-refractivity contribution in [2.24, 2.45) is 0 Å². The first kappa shape index (κ1) is 12.8. The van der Waals surface area contributed by atoms with E-state index in [2.05, 4.69) is 23.8 Å². The molecule has 0 saturated carbocycles. The van der Waals surface area contributed by atoms with Crippen LogP contribution in [0, 0.1) is 6.92 Å². The minimum Gasteiger partial charge on any atom is -0.394 e. The van der Waals surface area contributed by atoms with E-state index >= 15 is 0 Å². The summed E-state index contributed by atoms with van der Waals surface area (Å²) < 4.78 is 7.05. The third kappa shape index (κ3) is 2.47. The minimum absolute atomic E-state index is 0.696. The SMILES string of the molecule is CCN(CCOC)c1c(N)c(C)nn1CC. The first-order chi connectivity index (χ1) is 7.65. The highest BCUT2D eigenvalue weighted by molar-refractivity contribution is 5.66. The number of nitrogens with two attached hydrogens (primary N) is 1. The van der Waals surface area contributed by atoms with Crippen LogP contribution in [-0.4, -0.2) is 36.6 Å². The second-order valence-electron chi connectivity index (χ2n) is 3.71. The number of rotatable bonds is 6. The van der Waals surface area contributed by atoms with E-state index in [0.29, 0.717) is 6.61 Å². The number of hydrogen-bond donors (Lipinski definition) is 1. The van der Waals surface area contributed by atoms with Gasteiger partial charge in [-0.2, -0.15) is 5.10 Å². The van der Waals surface area contributed by atoms with Gasteiger partial charge in [0.2, 0.25) is 0 Å². The van der Waals surface area contributed by atoms with E-state index in [1.807, 2.05) is 11.6 Å². The number of ether oxygens (including phenoxy) is 1. The summed E-state index contributed by atoms with van der Waals surface area (Å²) in [6.45, 7) is 9.38. The molecule has 0 spiro atoms. The van der Waals surface area contributed by atoms with Crippen molar-refractivity contribution in [3.8, 4) is 0 Å². The van der Waals surface area contributed by atoms with Crippen molar-refractivity contribution in [1.29, 1.82) is 0 Å². The van der Waals surface area contributed by atoms with Crippen LogP contribution >= 0.6 is 0 Å². The number of hydrogen-bond acceptors (Lipinski definition) is 4. The molecule has 1 rings (SSSR count). The summed E-state index contributed by atoms with van der Waals surface area (Å²) in [6.07, 6.45) is 0. The maximum Gasteiger partial charge on any atom is 0.150 e. The van der Waals surface area contributed by atoms with Gasteiger partial charge in [-0.15, -0.1) is 0 Å². The van der Waals surface area contributed by atoms with E-state index in [1.165, 1.54) is 0 Å². The van der Waals surface area contributed by atoms with E-state index < -0.39 is 0 Å². The standard InChI is InChI=1S/C11H22N4O/c1-5-14(7-8-16-4)11-10(12)9(3)13-15(11)6-2/h5-8,12H2,1-4H3. The average Bonchev–Trinajstić information content (AvgIpc) is 2.57. The predicted molar refractivity (Wildman–Crippen MR) is 66.8 cm³/mol. The summed E-state index contributed by atoms with van der Waals surface area (Å²) >= 11 is 0. The molecule has 5 heteroatoms. The highest BCUT2D eigenvalue weighted by Gasteiger charge is 2.16. The molecule has 0 saturated heterocycles.